The fourth-order valence-corrected chi connectivity index (χ4v) is 2.35. The van der Waals surface area contributed by atoms with Crippen molar-refractivity contribution in [3.8, 4) is 11.5 Å². The molecule has 2 rings (SSSR count). The first kappa shape index (κ1) is 14.2. The van der Waals surface area contributed by atoms with Gasteiger partial charge in [0.1, 0.15) is 11.5 Å². The summed E-state index contributed by atoms with van der Waals surface area (Å²) in [5.74, 6) is 2.00. The fourth-order valence-electron chi connectivity index (χ4n) is 2.35. The summed E-state index contributed by atoms with van der Waals surface area (Å²) >= 11 is 0. The van der Waals surface area contributed by atoms with Crippen molar-refractivity contribution >= 4 is 0 Å². The third-order valence-electron chi connectivity index (χ3n) is 3.41. The molecule has 2 aromatic rings. The van der Waals surface area contributed by atoms with Gasteiger partial charge in [0.05, 0.1) is 14.2 Å². The van der Waals surface area contributed by atoms with E-state index >= 15 is 0 Å². The van der Waals surface area contributed by atoms with Gasteiger partial charge in [-0.2, -0.15) is 0 Å². The number of allylic oxidation sites excluding steroid dienone is 1. The van der Waals surface area contributed by atoms with Crippen molar-refractivity contribution in [1.82, 2.24) is 0 Å². The molecule has 0 heterocycles. The molecule has 0 saturated heterocycles. The second kappa shape index (κ2) is 6.80. The molecule has 0 aromatic heterocycles. The summed E-state index contributed by atoms with van der Waals surface area (Å²) in [6.07, 6.45) is 2.85. The summed E-state index contributed by atoms with van der Waals surface area (Å²) in [5, 5.41) is 0. The smallest absolute Gasteiger partial charge is 0.122 e. The maximum Gasteiger partial charge on any atom is 0.122 e. The van der Waals surface area contributed by atoms with Crippen LogP contribution in [0.3, 0.4) is 0 Å². The second-order valence-electron chi connectivity index (χ2n) is 4.64. The van der Waals surface area contributed by atoms with Crippen LogP contribution in [0, 0.1) is 0 Å². The zero-order chi connectivity index (χ0) is 14.4. The minimum atomic E-state index is 0.221. The van der Waals surface area contributed by atoms with Gasteiger partial charge in [-0.15, -0.1) is 6.58 Å². The Bertz CT molecular complexity index is 575. The maximum atomic E-state index is 5.44. The molecule has 2 heteroatoms. The third-order valence-corrected chi connectivity index (χ3v) is 3.41. The summed E-state index contributed by atoms with van der Waals surface area (Å²) in [6, 6.07) is 16.2. The lowest BCUT2D eigenvalue weighted by Gasteiger charge is -2.16. The van der Waals surface area contributed by atoms with Gasteiger partial charge in [0.2, 0.25) is 0 Å². The number of rotatable bonds is 6. The van der Waals surface area contributed by atoms with Crippen LogP contribution in [0.2, 0.25) is 0 Å². The van der Waals surface area contributed by atoms with Crippen LogP contribution in [-0.4, -0.2) is 14.2 Å². The Balaban J connectivity index is 2.26. The molecule has 1 atom stereocenters. The molecule has 2 nitrogen and oxygen atoms in total. The first-order valence-corrected chi connectivity index (χ1v) is 6.67. The standard InChI is InChI=1S/C18H20O2/c1-4-15(17-10-5-6-11-18(17)20-3)12-14-8-7-9-16(13-14)19-2/h4-11,13,15H,1,12H2,2-3H3. The van der Waals surface area contributed by atoms with E-state index in [1.54, 1.807) is 14.2 Å². The van der Waals surface area contributed by atoms with Gasteiger partial charge in [-0.3, -0.25) is 0 Å². The van der Waals surface area contributed by atoms with Gasteiger partial charge in [0.15, 0.2) is 0 Å². The SMILES string of the molecule is C=CC(Cc1cccc(OC)c1)c1ccccc1OC. The first-order chi connectivity index (χ1) is 9.78. The molecular formula is C18H20O2. The van der Waals surface area contributed by atoms with E-state index in [9.17, 15) is 0 Å². The molecule has 0 amide bonds. The molecule has 2 aromatic carbocycles. The molecule has 0 radical (unpaired) electrons. The van der Waals surface area contributed by atoms with Crippen molar-refractivity contribution in [3.05, 3.63) is 72.3 Å². The molecule has 104 valence electrons. The summed E-state index contributed by atoms with van der Waals surface area (Å²) < 4.78 is 10.7. The monoisotopic (exact) mass is 268 g/mol. The zero-order valence-corrected chi connectivity index (χ0v) is 12.0. The molecule has 0 saturated carbocycles. The highest BCUT2D eigenvalue weighted by Gasteiger charge is 2.13. The predicted molar refractivity (Wildman–Crippen MR) is 82.6 cm³/mol. The van der Waals surface area contributed by atoms with E-state index in [1.807, 2.05) is 36.4 Å². The van der Waals surface area contributed by atoms with Gasteiger partial charge in [0, 0.05) is 11.5 Å². The quantitative estimate of drug-likeness (QED) is 0.730. The third kappa shape index (κ3) is 3.21. The Labute approximate surface area is 120 Å². The summed E-state index contributed by atoms with van der Waals surface area (Å²) in [6.45, 7) is 3.96. The Kier molecular flexibility index (Phi) is 4.83. The molecule has 0 aliphatic heterocycles. The lowest BCUT2D eigenvalue weighted by Crippen LogP contribution is -2.02. The molecular weight excluding hydrogens is 248 g/mol. The molecule has 0 bridgehead atoms. The predicted octanol–water partition coefficient (Wildman–Crippen LogP) is 4.22. The van der Waals surface area contributed by atoms with Crippen LogP contribution < -0.4 is 9.47 Å². The average molecular weight is 268 g/mol. The maximum absolute atomic E-state index is 5.44. The molecule has 0 aliphatic carbocycles. The van der Waals surface area contributed by atoms with E-state index < -0.39 is 0 Å². The minimum absolute atomic E-state index is 0.221. The van der Waals surface area contributed by atoms with E-state index in [0.717, 1.165) is 23.5 Å². The van der Waals surface area contributed by atoms with E-state index in [4.69, 9.17) is 9.47 Å². The van der Waals surface area contributed by atoms with E-state index in [0.29, 0.717) is 0 Å². The van der Waals surface area contributed by atoms with Crippen molar-refractivity contribution < 1.29 is 9.47 Å². The van der Waals surface area contributed by atoms with Crippen LogP contribution in [0.25, 0.3) is 0 Å². The second-order valence-corrected chi connectivity index (χ2v) is 4.64. The molecule has 0 spiro atoms. The highest BCUT2D eigenvalue weighted by atomic mass is 16.5. The Hall–Kier alpha value is -2.22. The van der Waals surface area contributed by atoms with Gasteiger partial charge in [-0.25, -0.2) is 0 Å². The van der Waals surface area contributed by atoms with Crippen molar-refractivity contribution in [2.75, 3.05) is 14.2 Å². The molecule has 1 unspecified atom stereocenters. The van der Waals surface area contributed by atoms with Crippen LogP contribution in [-0.2, 0) is 6.42 Å². The van der Waals surface area contributed by atoms with E-state index in [-0.39, 0.29) is 5.92 Å². The van der Waals surface area contributed by atoms with Crippen LogP contribution in [0.5, 0.6) is 11.5 Å². The number of para-hydroxylation sites is 1. The highest BCUT2D eigenvalue weighted by Crippen LogP contribution is 2.30. The van der Waals surface area contributed by atoms with Crippen LogP contribution in [0.4, 0.5) is 0 Å². The lowest BCUT2D eigenvalue weighted by molar-refractivity contribution is 0.407. The molecule has 20 heavy (non-hydrogen) atoms. The topological polar surface area (TPSA) is 18.5 Å². The van der Waals surface area contributed by atoms with Gasteiger partial charge in [-0.05, 0) is 30.2 Å². The van der Waals surface area contributed by atoms with Crippen LogP contribution >= 0.6 is 0 Å². The van der Waals surface area contributed by atoms with Crippen molar-refractivity contribution in [1.29, 1.82) is 0 Å². The van der Waals surface area contributed by atoms with Crippen LogP contribution in [0.1, 0.15) is 17.0 Å². The molecule has 0 fully saturated rings. The van der Waals surface area contributed by atoms with Gasteiger partial charge in [-0.1, -0.05) is 36.4 Å². The summed E-state index contributed by atoms with van der Waals surface area (Å²) in [4.78, 5) is 0. The van der Waals surface area contributed by atoms with E-state index in [1.165, 1.54) is 5.56 Å². The van der Waals surface area contributed by atoms with Crippen LogP contribution in [0.15, 0.2) is 61.2 Å². The number of benzene rings is 2. The Morgan fingerprint density at radius 3 is 2.55 bits per heavy atom. The van der Waals surface area contributed by atoms with Gasteiger partial charge < -0.3 is 9.47 Å². The van der Waals surface area contributed by atoms with Gasteiger partial charge in [0.25, 0.3) is 0 Å². The summed E-state index contributed by atoms with van der Waals surface area (Å²) in [7, 11) is 3.38. The number of hydrogen-bond donors (Lipinski definition) is 0. The molecule has 0 N–H and O–H groups in total. The normalized spacial score (nSPS) is 11.7. The fraction of sp³-hybridized carbons (Fsp3) is 0.222. The largest absolute Gasteiger partial charge is 0.497 e. The molecule has 0 aliphatic rings. The number of methoxy groups -OCH3 is 2. The number of ether oxygens (including phenoxy) is 2. The van der Waals surface area contributed by atoms with Gasteiger partial charge >= 0.3 is 0 Å². The number of hydrogen-bond acceptors (Lipinski definition) is 2. The Morgan fingerprint density at radius 2 is 1.85 bits per heavy atom. The Morgan fingerprint density at radius 1 is 1.05 bits per heavy atom. The highest BCUT2D eigenvalue weighted by molar-refractivity contribution is 5.40. The minimum Gasteiger partial charge on any atom is -0.497 e. The van der Waals surface area contributed by atoms with Crippen molar-refractivity contribution in [2.24, 2.45) is 0 Å². The van der Waals surface area contributed by atoms with E-state index in [2.05, 4.69) is 24.8 Å². The first-order valence-electron chi connectivity index (χ1n) is 6.67. The lowest BCUT2D eigenvalue weighted by atomic mass is 9.91. The van der Waals surface area contributed by atoms with Crippen molar-refractivity contribution in [2.45, 2.75) is 12.3 Å². The zero-order valence-electron chi connectivity index (χ0n) is 12.0. The summed E-state index contributed by atoms with van der Waals surface area (Å²) in [5.41, 5.74) is 2.38. The van der Waals surface area contributed by atoms with Crippen molar-refractivity contribution in [3.63, 3.8) is 0 Å². The average Bonchev–Trinajstić information content (AvgIpc) is 2.52.